The van der Waals surface area contributed by atoms with Gasteiger partial charge >= 0.3 is 0 Å². The van der Waals surface area contributed by atoms with Crippen molar-refractivity contribution in [2.75, 3.05) is 0 Å². The quantitative estimate of drug-likeness (QED) is 0.539. The molecule has 1 rings (SSSR count). The van der Waals surface area contributed by atoms with Crippen LogP contribution >= 0.6 is 11.6 Å². The molecule has 1 nitrogen and oxygen atoms in total. The van der Waals surface area contributed by atoms with E-state index in [0.29, 0.717) is 0 Å². The molecule has 0 radical (unpaired) electrons. The Morgan fingerprint density at radius 1 is 1.23 bits per heavy atom. The fourth-order valence-corrected chi connectivity index (χ4v) is 0.996. The molecular formula is C8H4ClF3O. The van der Waals surface area contributed by atoms with Crippen LogP contribution in [0.2, 0.25) is 0 Å². The molecule has 5 heteroatoms. The summed E-state index contributed by atoms with van der Waals surface area (Å²) in [6.45, 7) is 0. The number of carbonyl (C=O) groups is 1. The first kappa shape index (κ1) is 10.1. The van der Waals surface area contributed by atoms with Crippen LogP contribution < -0.4 is 0 Å². The maximum Gasteiger partial charge on any atom is 0.226 e. The average molecular weight is 209 g/mol. The van der Waals surface area contributed by atoms with E-state index in [9.17, 15) is 18.0 Å². The summed E-state index contributed by atoms with van der Waals surface area (Å²) in [6.07, 6.45) is -0.454. The van der Waals surface area contributed by atoms with Crippen LogP contribution in [0.25, 0.3) is 0 Å². The van der Waals surface area contributed by atoms with E-state index in [1.165, 1.54) is 0 Å². The predicted octanol–water partition coefficient (Wildman–Crippen LogP) is 2.41. The van der Waals surface area contributed by atoms with Crippen molar-refractivity contribution in [2.45, 2.75) is 6.42 Å². The third-order valence-corrected chi connectivity index (χ3v) is 1.58. The molecule has 0 aliphatic heterocycles. The fraction of sp³-hybridized carbons (Fsp3) is 0.125. The lowest BCUT2D eigenvalue weighted by atomic mass is 10.1. The van der Waals surface area contributed by atoms with Crippen molar-refractivity contribution in [3.8, 4) is 0 Å². The van der Waals surface area contributed by atoms with Crippen molar-refractivity contribution in [1.29, 1.82) is 0 Å². The zero-order valence-electron chi connectivity index (χ0n) is 6.28. The average Bonchev–Trinajstić information content (AvgIpc) is 2.06. The Balaban J connectivity index is 3.10. The molecule has 70 valence electrons. The van der Waals surface area contributed by atoms with Gasteiger partial charge in [-0.05, 0) is 23.2 Å². The molecule has 1 aromatic rings. The summed E-state index contributed by atoms with van der Waals surface area (Å²) in [5.41, 5.74) is -0.251. The Kier molecular flexibility index (Phi) is 2.93. The van der Waals surface area contributed by atoms with Crippen LogP contribution in [-0.2, 0) is 11.2 Å². The molecule has 1 aromatic carbocycles. The topological polar surface area (TPSA) is 17.1 Å². The summed E-state index contributed by atoms with van der Waals surface area (Å²) in [5, 5.41) is -0.829. The van der Waals surface area contributed by atoms with E-state index in [4.69, 9.17) is 11.6 Å². The van der Waals surface area contributed by atoms with Crippen molar-refractivity contribution < 1.29 is 18.0 Å². The van der Waals surface area contributed by atoms with Gasteiger partial charge in [0.15, 0.2) is 17.5 Å². The molecule has 13 heavy (non-hydrogen) atoms. The van der Waals surface area contributed by atoms with Gasteiger partial charge in [0.1, 0.15) is 0 Å². The molecule has 0 heterocycles. The molecular weight excluding hydrogens is 205 g/mol. The van der Waals surface area contributed by atoms with E-state index in [-0.39, 0.29) is 5.56 Å². The zero-order valence-corrected chi connectivity index (χ0v) is 7.04. The maximum absolute atomic E-state index is 12.8. The Morgan fingerprint density at radius 3 is 2.38 bits per heavy atom. The Hall–Kier alpha value is -1.03. The second kappa shape index (κ2) is 3.79. The number of rotatable bonds is 2. The van der Waals surface area contributed by atoms with Gasteiger partial charge in [-0.15, -0.1) is 0 Å². The third-order valence-electron chi connectivity index (χ3n) is 1.44. The number of carbonyl (C=O) groups excluding carboxylic acids is 1. The molecule has 0 spiro atoms. The van der Waals surface area contributed by atoms with Gasteiger partial charge < -0.3 is 0 Å². The van der Waals surface area contributed by atoms with Gasteiger partial charge in [0.2, 0.25) is 5.24 Å². The standard InChI is InChI=1S/C8H4ClF3O/c9-6(13)3-4-1-2-5(10)8(12)7(4)11/h1-2H,3H2. The van der Waals surface area contributed by atoms with E-state index < -0.39 is 29.1 Å². The molecule has 0 amide bonds. The fourth-order valence-electron chi connectivity index (χ4n) is 0.852. The lowest BCUT2D eigenvalue weighted by molar-refractivity contribution is -0.111. The van der Waals surface area contributed by atoms with Crippen molar-refractivity contribution in [3.05, 3.63) is 35.1 Å². The summed E-state index contributed by atoms with van der Waals surface area (Å²) < 4.78 is 37.7. The van der Waals surface area contributed by atoms with Gasteiger partial charge in [-0.25, -0.2) is 13.2 Å². The molecule has 0 aliphatic carbocycles. The van der Waals surface area contributed by atoms with Gasteiger partial charge in [-0.2, -0.15) is 0 Å². The van der Waals surface area contributed by atoms with Crippen LogP contribution in [0.1, 0.15) is 5.56 Å². The normalized spacial score (nSPS) is 10.2. The van der Waals surface area contributed by atoms with Crippen LogP contribution in [0.15, 0.2) is 12.1 Å². The van der Waals surface area contributed by atoms with Crippen LogP contribution in [0.5, 0.6) is 0 Å². The SMILES string of the molecule is O=C(Cl)Cc1ccc(F)c(F)c1F. The molecule has 0 saturated carbocycles. The minimum atomic E-state index is -1.59. The minimum Gasteiger partial charge on any atom is -0.281 e. The molecule has 0 aliphatic rings. The van der Waals surface area contributed by atoms with Crippen LogP contribution in [-0.4, -0.2) is 5.24 Å². The van der Waals surface area contributed by atoms with Crippen LogP contribution in [0, 0.1) is 17.5 Å². The highest BCUT2D eigenvalue weighted by Crippen LogP contribution is 2.16. The number of hydrogen-bond acceptors (Lipinski definition) is 1. The number of halogens is 4. The molecule has 0 N–H and O–H groups in total. The zero-order chi connectivity index (χ0) is 10.0. The van der Waals surface area contributed by atoms with E-state index in [2.05, 4.69) is 0 Å². The van der Waals surface area contributed by atoms with E-state index in [0.717, 1.165) is 12.1 Å². The van der Waals surface area contributed by atoms with Crippen molar-refractivity contribution in [2.24, 2.45) is 0 Å². The first-order valence-corrected chi connectivity index (χ1v) is 3.71. The smallest absolute Gasteiger partial charge is 0.226 e. The highest BCUT2D eigenvalue weighted by molar-refractivity contribution is 6.63. The van der Waals surface area contributed by atoms with Crippen LogP contribution in [0.3, 0.4) is 0 Å². The summed E-state index contributed by atoms with van der Waals surface area (Å²) in [4.78, 5) is 10.3. The van der Waals surface area contributed by atoms with E-state index in [1.54, 1.807) is 0 Å². The van der Waals surface area contributed by atoms with Crippen LogP contribution in [0.4, 0.5) is 13.2 Å². The molecule has 0 unspecified atom stereocenters. The summed E-state index contributed by atoms with van der Waals surface area (Å²) in [7, 11) is 0. The van der Waals surface area contributed by atoms with Gasteiger partial charge in [0, 0.05) is 6.42 Å². The highest BCUT2D eigenvalue weighted by Gasteiger charge is 2.14. The first-order chi connectivity index (χ1) is 6.02. The Morgan fingerprint density at radius 2 is 1.85 bits per heavy atom. The number of hydrogen-bond donors (Lipinski definition) is 0. The lowest BCUT2D eigenvalue weighted by Crippen LogP contribution is -2.01. The molecule has 0 aromatic heterocycles. The van der Waals surface area contributed by atoms with Gasteiger partial charge in [-0.3, -0.25) is 4.79 Å². The Labute approximate surface area is 77.1 Å². The van der Waals surface area contributed by atoms with Crippen molar-refractivity contribution in [1.82, 2.24) is 0 Å². The monoisotopic (exact) mass is 208 g/mol. The highest BCUT2D eigenvalue weighted by atomic mass is 35.5. The second-order valence-electron chi connectivity index (χ2n) is 2.37. The lowest BCUT2D eigenvalue weighted by Gasteiger charge is -2.00. The van der Waals surface area contributed by atoms with Crippen molar-refractivity contribution >= 4 is 16.8 Å². The largest absolute Gasteiger partial charge is 0.281 e. The van der Waals surface area contributed by atoms with Gasteiger partial charge in [-0.1, -0.05) is 6.07 Å². The van der Waals surface area contributed by atoms with E-state index >= 15 is 0 Å². The summed E-state index contributed by atoms with van der Waals surface area (Å²) in [5.74, 6) is -4.24. The molecule has 0 saturated heterocycles. The van der Waals surface area contributed by atoms with Gasteiger partial charge in [0.25, 0.3) is 0 Å². The summed E-state index contributed by atoms with van der Waals surface area (Å²) in [6, 6.07) is 1.72. The first-order valence-electron chi connectivity index (χ1n) is 3.33. The third kappa shape index (κ3) is 2.21. The molecule has 0 atom stereocenters. The molecule has 0 bridgehead atoms. The molecule has 0 fully saturated rings. The number of benzene rings is 1. The minimum absolute atomic E-state index is 0.251. The second-order valence-corrected chi connectivity index (χ2v) is 2.79. The predicted molar refractivity (Wildman–Crippen MR) is 40.9 cm³/mol. The van der Waals surface area contributed by atoms with Gasteiger partial charge in [0.05, 0.1) is 0 Å². The van der Waals surface area contributed by atoms with Crippen molar-refractivity contribution in [3.63, 3.8) is 0 Å². The Bertz CT molecular complexity index is 351. The maximum atomic E-state index is 12.8. The van der Waals surface area contributed by atoms with E-state index in [1.807, 2.05) is 0 Å². The summed E-state index contributed by atoms with van der Waals surface area (Å²) >= 11 is 4.95.